The van der Waals surface area contributed by atoms with Crippen LogP contribution < -0.4 is 4.90 Å². The molecule has 0 amide bonds. The van der Waals surface area contributed by atoms with Crippen molar-refractivity contribution in [3.8, 4) is 0 Å². The van der Waals surface area contributed by atoms with Gasteiger partial charge in [0.25, 0.3) is 0 Å². The fourth-order valence-corrected chi connectivity index (χ4v) is 2.90. The third-order valence-electron chi connectivity index (χ3n) is 3.89. The van der Waals surface area contributed by atoms with E-state index in [1.165, 1.54) is 43.0 Å². The zero-order valence-electron chi connectivity index (χ0n) is 11.5. The summed E-state index contributed by atoms with van der Waals surface area (Å²) in [4.78, 5) is 7.24. The summed E-state index contributed by atoms with van der Waals surface area (Å²) >= 11 is 0. The molecule has 0 spiro atoms. The highest BCUT2D eigenvalue weighted by molar-refractivity contribution is 5.80. The molecule has 2 heterocycles. The molecule has 1 saturated heterocycles. The number of aryl methyl sites for hydroxylation is 1. The van der Waals surface area contributed by atoms with Crippen molar-refractivity contribution in [1.29, 1.82) is 0 Å². The molecule has 1 aliphatic heterocycles. The molecule has 0 radical (unpaired) electrons. The van der Waals surface area contributed by atoms with Crippen LogP contribution in [0.15, 0.2) is 18.2 Å². The fourth-order valence-electron chi connectivity index (χ4n) is 2.90. The van der Waals surface area contributed by atoms with Crippen LogP contribution in [0.5, 0.6) is 0 Å². The highest BCUT2D eigenvalue weighted by atomic mass is 15.1. The average molecular weight is 243 g/mol. The molecule has 18 heavy (non-hydrogen) atoms. The van der Waals surface area contributed by atoms with Gasteiger partial charge in [0.2, 0.25) is 0 Å². The number of benzene rings is 1. The van der Waals surface area contributed by atoms with Crippen molar-refractivity contribution in [1.82, 2.24) is 9.55 Å². The maximum atomic E-state index is 4.78. The van der Waals surface area contributed by atoms with Crippen molar-refractivity contribution in [2.75, 3.05) is 18.0 Å². The quantitative estimate of drug-likeness (QED) is 0.807. The van der Waals surface area contributed by atoms with Crippen LogP contribution in [0.25, 0.3) is 11.0 Å². The van der Waals surface area contributed by atoms with Gasteiger partial charge in [0.15, 0.2) is 0 Å². The van der Waals surface area contributed by atoms with E-state index in [-0.39, 0.29) is 0 Å². The van der Waals surface area contributed by atoms with Crippen molar-refractivity contribution >= 4 is 16.7 Å². The van der Waals surface area contributed by atoms with E-state index in [4.69, 9.17) is 4.98 Å². The van der Waals surface area contributed by atoms with Crippen LogP contribution in [-0.2, 0) is 7.05 Å². The number of rotatable bonds is 2. The normalized spacial score (nSPS) is 16.1. The number of anilines is 1. The highest BCUT2D eigenvalue weighted by Crippen LogP contribution is 2.26. The zero-order valence-corrected chi connectivity index (χ0v) is 11.5. The van der Waals surface area contributed by atoms with Gasteiger partial charge in [-0.2, -0.15) is 0 Å². The molecule has 0 atom stereocenters. The number of aromatic nitrogens is 2. The topological polar surface area (TPSA) is 21.1 Å². The van der Waals surface area contributed by atoms with Crippen LogP contribution in [-0.4, -0.2) is 22.6 Å². The molecule has 0 unspecified atom stereocenters. The van der Waals surface area contributed by atoms with Gasteiger partial charge in [-0.1, -0.05) is 13.8 Å². The molecule has 0 saturated carbocycles. The largest absolute Gasteiger partial charge is 0.371 e. The van der Waals surface area contributed by atoms with Gasteiger partial charge in [-0.25, -0.2) is 4.98 Å². The van der Waals surface area contributed by atoms with Gasteiger partial charge in [0.1, 0.15) is 5.82 Å². The van der Waals surface area contributed by atoms with Crippen molar-refractivity contribution in [3.05, 3.63) is 24.0 Å². The first kappa shape index (κ1) is 11.6. The summed E-state index contributed by atoms with van der Waals surface area (Å²) in [6.45, 7) is 6.77. The van der Waals surface area contributed by atoms with Gasteiger partial charge in [-0.05, 0) is 31.0 Å². The van der Waals surface area contributed by atoms with E-state index in [2.05, 4.69) is 48.6 Å². The molecule has 96 valence electrons. The van der Waals surface area contributed by atoms with Crippen LogP contribution in [0, 0.1) is 0 Å². The first-order valence-electron chi connectivity index (χ1n) is 6.88. The van der Waals surface area contributed by atoms with E-state index in [1.54, 1.807) is 0 Å². The first-order valence-corrected chi connectivity index (χ1v) is 6.88. The predicted octanol–water partition coefficient (Wildman–Crippen LogP) is 3.30. The molecule has 0 aliphatic carbocycles. The van der Waals surface area contributed by atoms with Crippen molar-refractivity contribution in [2.24, 2.45) is 7.05 Å². The third kappa shape index (κ3) is 1.78. The van der Waals surface area contributed by atoms with E-state index in [0.717, 1.165) is 5.52 Å². The van der Waals surface area contributed by atoms with E-state index >= 15 is 0 Å². The lowest BCUT2D eigenvalue weighted by Crippen LogP contribution is -2.17. The van der Waals surface area contributed by atoms with Crippen LogP contribution in [0.2, 0.25) is 0 Å². The van der Waals surface area contributed by atoms with Crippen molar-refractivity contribution in [2.45, 2.75) is 32.6 Å². The van der Waals surface area contributed by atoms with E-state index in [0.29, 0.717) is 5.92 Å². The van der Waals surface area contributed by atoms with Gasteiger partial charge in [-0.3, -0.25) is 0 Å². The lowest BCUT2D eigenvalue weighted by molar-refractivity contribution is 0.722. The van der Waals surface area contributed by atoms with Gasteiger partial charge < -0.3 is 9.47 Å². The lowest BCUT2D eigenvalue weighted by atomic mass is 10.2. The van der Waals surface area contributed by atoms with Crippen LogP contribution >= 0.6 is 0 Å². The molecule has 1 aliphatic rings. The van der Waals surface area contributed by atoms with E-state index in [1.807, 2.05) is 0 Å². The maximum absolute atomic E-state index is 4.78. The van der Waals surface area contributed by atoms with Crippen molar-refractivity contribution < 1.29 is 0 Å². The maximum Gasteiger partial charge on any atom is 0.112 e. The van der Waals surface area contributed by atoms with Crippen LogP contribution in [0.1, 0.15) is 38.4 Å². The SMILES string of the molecule is CC(C)c1nc2cc(N3CCCC3)ccc2n1C. The minimum Gasteiger partial charge on any atom is -0.371 e. The van der Waals surface area contributed by atoms with E-state index < -0.39 is 0 Å². The number of nitrogens with zero attached hydrogens (tertiary/aromatic N) is 3. The molecule has 2 aromatic rings. The molecule has 0 bridgehead atoms. The molecule has 0 N–H and O–H groups in total. The van der Waals surface area contributed by atoms with Crippen LogP contribution in [0.3, 0.4) is 0 Å². The van der Waals surface area contributed by atoms with Gasteiger partial charge in [-0.15, -0.1) is 0 Å². The van der Waals surface area contributed by atoms with Gasteiger partial charge >= 0.3 is 0 Å². The third-order valence-corrected chi connectivity index (χ3v) is 3.89. The number of hydrogen-bond donors (Lipinski definition) is 0. The molecular formula is C15H21N3. The number of fused-ring (bicyclic) bond motifs is 1. The lowest BCUT2D eigenvalue weighted by Gasteiger charge is -2.17. The molecule has 3 heteroatoms. The van der Waals surface area contributed by atoms with Gasteiger partial charge in [0.05, 0.1) is 11.0 Å². The Morgan fingerprint density at radius 3 is 2.56 bits per heavy atom. The summed E-state index contributed by atoms with van der Waals surface area (Å²) in [5.74, 6) is 1.64. The standard InChI is InChI=1S/C15H21N3/c1-11(2)15-16-13-10-12(18-8-4-5-9-18)6-7-14(13)17(15)3/h6-7,10-11H,4-5,8-9H2,1-3H3. The zero-order chi connectivity index (χ0) is 12.7. The smallest absolute Gasteiger partial charge is 0.112 e. The minimum absolute atomic E-state index is 0.470. The molecule has 1 aromatic heterocycles. The molecule has 3 nitrogen and oxygen atoms in total. The molecule has 1 fully saturated rings. The second-order valence-electron chi connectivity index (χ2n) is 5.55. The molecular weight excluding hydrogens is 222 g/mol. The number of hydrogen-bond acceptors (Lipinski definition) is 2. The second kappa shape index (κ2) is 4.30. The monoisotopic (exact) mass is 243 g/mol. The average Bonchev–Trinajstić information content (AvgIpc) is 2.97. The van der Waals surface area contributed by atoms with Crippen LogP contribution in [0.4, 0.5) is 5.69 Å². The second-order valence-corrected chi connectivity index (χ2v) is 5.55. The highest BCUT2D eigenvalue weighted by Gasteiger charge is 2.15. The minimum atomic E-state index is 0.470. The summed E-state index contributed by atoms with van der Waals surface area (Å²) in [7, 11) is 2.11. The molecule has 3 rings (SSSR count). The van der Waals surface area contributed by atoms with Gasteiger partial charge in [0, 0.05) is 31.7 Å². The Morgan fingerprint density at radius 2 is 1.89 bits per heavy atom. The Bertz CT molecular complexity index is 562. The van der Waals surface area contributed by atoms with E-state index in [9.17, 15) is 0 Å². The first-order chi connectivity index (χ1) is 8.66. The summed E-state index contributed by atoms with van der Waals surface area (Å²) in [5, 5.41) is 0. The Morgan fingerprint density at radius 1 is 1.17 bits per heavy atom. The fraction of sp³-hybridized carbons (Fsp3) is 0.533. The number of imidazole rings is 1. The Labute approximate surface area is 108 Å². The summed E-state index contributed by atoms with van der Waals surface area (Å²) < 4.78 is 2.22. The summed E-state index contributed by atoms with van der Waals surface area (Å²) in [6, 6.07) is 6.69. The Balaban J connectivity index is 2.06. The van der Waals surface area contributed by atoms with Crippen molar-refractivity contribution in [3.63, 3.8) is 0 Å². The predicted molar refractivity (Wildman–Crippen MR) is 76.3 cm³/mol. The summed E-state index contributed by atoms with van der Waals surface area (Å²) in [6.07, 6.45) is 2.63. The molecule has 1 aromatic carbocycles. The Kier molecular flexibility index (Phi) is 2.77. The Hall–Kier alpha value is -1.51. The summed E-state index contributed by atoms with van der Waals surface area (Å²) in [5.41, 5.74) is 3.70.